The lowest BCUT2D eigenvalue weighted by atomic mass is 10.1. The first kappa shape index (κ1) is 13.6. The van der Waals surface area contributed by atoms with E-state index in [0.717, 1.165) is 11.3 Å². The Hall–Kier alpha value is -1.47. The van der Waals surface area contributed by atoms with Crippen molar-refractivity contribution in [2.45, 2.75) is 32.4 Å². The second kappa shape index (κ2) is 5.24. The fourth-order valence-electron chi connectivity index (χ4n) is 1.10. The molecule has 0 unspecified atom stereocenters. The summed E-state index contributed by atoms with van der Waals surface area (Å²) in [6.45, 7) is 7.49. The quantitative estimate of drug-likeness (QED) is 0.756. The standard InChI is InChI=1S/C13H16N2OS/c1-10(15-17(16)13(2,3)4)12-7-5-11(9-14)6-8-12/h5-8H,1-4H3/b15-10-/t17-/m1/s1. The average Bonchev–Trinajstić information content (AvgIpc) is 2.27. The summed E-state index contributed by atoms with van der Waals surface area (Å²) in [5.74, 6) is 0. The molecule has 0 N–H and O–H groups in total. The summed E-state index contributed by atoms with van der Waals surface area (Å²) in [4.78, 5) is 0. The van der Waals surface area contributed by atoms with E-state index in [0.29, 0.717) is 5.56 Å². The van der Waals surface area contributed by atoms with E-state index in [1.54, 1.807) is 12.1 Å². The Labute approximate surface area is 105 Å². The molecule has 1 rings (SSSR count). The highest BCUT2D eigenvalue weighted by Gasteiger charge is 2.19. The van der Waals surface area contributed by atoms with E-state index < -0.39 is 11.0 Å². The molecule has 0 aliphatic heterocycles. The number of benzene rings is 1. The molecule has 0 aromatic heterocycles. The van der Waals surface area contributed by atoms with Crippen molar-refractivity contribution in [3.05, 3.63) is 35.4 Å². The Morgan fingerprint density at radius 2 is 1.82 bits per heavy atom. The molecular weight excluding hydrogens is 232 g/mol. The van der Waals surface area contributed by atoms with Gasteiger partial charge in [0.25, 0.3) is 0 Å². The third-order valence-corrected chi connectivity index (χ3v) is 3.66. The third kappa shape index (κ3) is 3.79. The molecule has 0 saturated heterocycles. The summed E-state index contributed by atoms with van der Waals surface area (Å²) < 4.78 is 15.7. The van der Waals surface area contributed by atoms with Crippen molar-refractivity contribution >= 4 is 16.7 Å². The molecule has 0 saturated carbocycles. The second-order valence-corrected chi connectivity index (χ2v) is 6.63. The fraction of sp³-hybridized carbons (Fsp3) is 0.385. The van der Waals surface area contributed by atoms with Crippen LogP contribution in [0.5, 0.6) is 0 Å². The number of nitrogens with zero attached hydrogens (tertiary/aromatic N) is 2. The van der Waals surface area contributed by atoms with Crippen LogP contribution in [0.1, 0.15) is 38.8 Å². The minimum atomic E-state index is -1.25. The van der Waals surface area contributed by atoms with E-state index in [2.05, 4.69) is 10.5 Å². The van der Waals surface area contributed by atoms with Crippen LogP contribution in [-0.4, -0.2) is 14.7 Å². The average molecular weight is 248 g/mol. The van der Waals surface area contributed by atoms with E-state index in [4.69, 9.17) is 5.26 Å². The fourth-order valence-corrected chi connectivity index (χ4v) is 1.73. The van der Waals surface area contributed by atoms with Crippen molar-refractivity contribution in [1.82, 2.24) is 0 Å². The maximum Gasteiger partial charge on any atom is 0.145 e. The lowest BCUT2D eigenvalue weighted by Gasteiger charge is -2.14. The maximum atomic E-state index is 11.8. The molecule has 0 fully saturated rings. The maximum absolute atomic E-state index is 11.8. The molecule has 0 aliphatic carbocycles. The number of nitriles is 1. The van der Waals surface area contributed by atoms with E-state index in [-0.39, 0.29) is 4.75 Å². The molecule has 1 atom stereocenters. The second-order valence-electron chi connectivity index (χ2n) is 4.73. The van der Waals surface area contributed by atoms with Gasteiger partial charge >= 0.3 is 0 Å². The van der Waals surface area contributed by atoms with Crippen LogP contribution in [0.2, 0.25) is 0 Å². The number of hydrogen-bond acceptors (Lipinski definition) is 2. The molecule has 0 heterocycles. The van der Waals surface area contributed by atoms with E-state index >= 15 is 0 Å². The van der Waals surface area contributed by atoms with Gasteiger partial charge in [-0.05, 0) is 45.4 Å². The molecule has 0 bridgehead atoms. The molecule has 17 heavy (non-hydrogen) atoms. The van der Waals surface area contributed by atoms with Crippen molar-refractivity contribution in [3.63, 3.8) is 0 Å². The van der Waals surface area contributed by atoms with Crippen molar-refractivity contribution in [2.24, 2.45) is 4.40 Å². The SMILES string of the molecule is C/C(=N/[S@](=O)C(C)(C)C)c1ccc(C#N)cc1. The van der Waals surface area contributed by atoms with Gasteiger partial charge in [-0.25, -0.2) is 4.21 Å². The van der Waals surface area contributed by atoms with Crippen LogP contribution in [0.15, 0.2) is 28.7 Å². The van der Waals surface area contributed by atoms with Gasteiger partial charge < -0.3 is 0 Å². The summed E-state index contributed by atoms with van der Waals surface area (Å²) in [7, 11) is -1.25. The first-order valence-corrected chi connectivity index (χ1v) is 6.43. The molecule has 1 aromatic rings. The lowest BCUT2D eigenvalue weighted by Crippen LogP contribution is -2.20. The highest BCUT2D eigenvalue weighted by atomic mass is 32.2. The minimum absolute atomic E-state index is 0.353. The van der Waals surface area contributed by atoms with Crippen molar-refractivity contribution in [3.8, 4) is 6.07 Å². The summed E-state index contributed by atoms with van der Waals surface area (Å²) in [6, 6.07) is 9.15. The largest absolute Gasteiger partial charge is 0.234 e. The van der Waals surface area contributed by atoms with Gasteiger partial charge in [-0.2, -0.15) is 9.66 Å². The molecule has 0 radical (unpaired) electrons. The van der Waals surface area contributed by atoms with Gasteiger partial charge in [0.1, 0.15) is 11.0 Å². The molecule has 3 nitrogen and oxygen atoms in total. The van der Waals surface area contributed by atoms with Gasteiger partial charge in [-0.1, -0.05) is 12.1 Å². The van der Waals surface area contributed by atoms with Gasteiger partial charge in [0.15, 0.2) is 0 Å². The highest BCUT2D eigenvalue weighted by molar-refractivity contribution is 7.85. The van der Waals surface area contributed by atoms with E-state index in [1.807, 2.05) is 39.8 Å². The van der Waals surface area contributed by atoms with Gasteiger partial charge in [0.05, 0.1) is 22.1 Å². The molecule has 0 spiro atoms. The number of hydrogen-bond donors (Lipinski definition) is 0. The topological polar surface area (TPSA) is 53.2 Å². The van der Waals surface area contributed by atoms with Gasteiger partial charge in [-0.3, -0.25) is 0 Å². The zero-order valence-electron chi connectivity index (χ0n) is 10.5. The minimum Gasteiger partial charge on any atom is -0.234 e. The smallest absolute Gasteiger partial charge is 0.145 e. The summed E-state index contributed by atoms with van der Waals surface area (Å²) in [6.07, 6.45) is 0. The molecule has 0 aliphatic rings. The van der Waals surface area contributed by atoms with Crippen LogP contribution < -0.4 is 0 Å². The van der Waals surface area contributed by atoms with Crippen molar-refractivity contribution in [1.29, 1.82) is 5.26 Å². The third-order valence-electron chi connectivity index (χ3n) is 2.18. The van der Waals surface area contributed by atoms with Crippen LogP contribution >= 0.6 is 0 Å². The van der Waals surface area contributed by atoms with Gasteiger partial charge in [0.2, 0.25) is 0 Å². The Morgan fingerprint density at radius 1 is 1.29 bits per heavy atom. The lowest BCUT2D eigenvalue weighted by molar-refractivity contribution is 0.650. The molecule has 1 aromatic carbocycles. The van der Waals surface area contributed by atoms with Crippen LogP contribution in [0.4, 0.5) is 0 Å². The Morgan fingerprint density at radius 3 is 2.24 bits per heavy atom. The molecule has 90 valence electrons. The Balaban J connectivity index is 2.97. The summed E-state index contributed by atoms with van der Waals surface area (Å²) >= 11 is 0. The molecule has 4 heteroatoms. The molecule has 0 amide bonds. The summed E-state index contributed by atoms with van der Waals surface area (Å²) in [5.41, 5.74) is 2.22. The van der Waals surface area contributed by atoms with Crippen molar-refractivity contribution < 1.29 is 4.21 Å². The highest BCUT2D eigenvalue weighted by Crippen LogP contribution is 2.14. The monoisotopic (exact) mass is 248 g/mol. The van der Waals surface area contributed by atoms with Crippen LogP contribution in [0.25, 0.3) is 0 Å². The van der Waals surface area contributed by atoms with Crippen LogP contribution in [-0.2, 0) is 11.0 Å². The zero-order valence-corrected chi connectivity index (χ0v) is 11.3. The van der Waals surface area contributed by atoms with E-state index in [9.17, 15) is 4.21 Å². The number of rotatable bonds is 2. The first-order chi connectivity index (χ1) is 7.84. The Bertz CT molecular complexity index is 490. The predicted molar refractivity (Wildman–Crippen MR) is 71.3 cm³/mol. The normalized spacial score (nSPS) is 14.2. The van der Waals surface area contributed by atoms with Gasteiger partial charge in [0, 0.05) is 0 Å². The van der Waals surface area contributed by atoms with Crippen molar-refractivity contribution in [2.75, 3.05) is 0 Å². The zero-order chi connectivity index (χ0) is 13.1. The predicted octanol–water partition coefficient (Wildman–Crippen LogP) is 2.83. The van der Waals surface area contributed by atoms with E-state index in [1.165, 1.54) is 0 Å². The molecular formula is C13H16N2OS. The van der Waals surface area contributed by atoms with Crippen LogP contribution in [0.3, 0.4) is 0 Å². The summed E-state index contributed by atoms with van der Waals surface area (Å²) in [5, 5.41) is 8.69. The van der Waals surface area contributed by atoms with Gasteiger partial charge in [-0.15, -0.1) is 0 Å². The van der Waals surface area contributed by atoms with Crippen LogP contribution in [0, 0.1) is 11.3 Å². The first-order valence-electron chi connectivity index (χ1n) is 5.32. The Kier molecular flexibility index (Phi) is 4.19.